The van der Waals surface area contributed by atoms with Gasteiger partial charge in [-0.3, -0.25) is 4.79 Å². The average molecular weight is 368 g/mol. The largest absolute Gasteiger partial charge is 0.359 e. The zero-order chi connectivity index (χ0) is 19.1. The maximum atomic E-state index is 12.4. The molecule has 1 fully saturated rings. The lowest BCUT2D eigenvalue weighted by molar-refractivity contribution is -0.119. The summed E-state index contributed by atoms with van der Waals surface area (Å²) < 4.78 is 0. The van der Waals surface area contributed by atoms with E-state index in [1.54, 1.807) is 31.6 Å². The van der Waals surface area contributed by atoms with Gasteiger partial charge in [0.1, 0.15) is 0 Å². The van der Waals surface area contributed by atoms with Gasteiger partial charge in [0.05, 0.1) is 6.42 Å². The molecule has 1 saturated heterocycles. The molecule has 0 spiro atoms. The number of hydrogen-bond acceptors (Lipinski definition) is 5. The molecule has 3 rings (SSSR count). The number of carbonyl (C=O) groups is 2. The molecule has 2 heterocycles. The Bertz CT molecular complexity index is 775. The Kier molecular flexibility index (Phi) is 6.19. The summed E-state index contributed by atoms with van der Waals surface area (Å²) >= 11 is 0. The zero-order valence-corrected chi connectivity index (χ0v) is 15.3. The van der Waals surface area contributed by atoms with Gasteiger partial charge in [0.15, 0.2) is 0 Å². The van der Waals surface area contributed by atoms with E-state index in [0.29, 0.717) is 5.69 Å². The quantitative estimate of drug-likeness (QED) is 0.744. The number of carbonyl (C=O) groups excluding carboxylic acids is 2. The number of aromatic nitrogens is 2. The Hall–Kier alpha value is -3.16. The molecule has 0 bridgehead atoms. The fourth-order valence-electron chi connectivity index (χ4n) is 3.08. The van der Waals surface area contributed by atoms with Crippen LogP contribution in [0.1, 0.15) is 18.4 Å². The Morgan fingerprint density at radius 3 is 2.52 bits per heavy atom. The van der Waals surface area contributed by atoms with Crippen LogP contribution in [-0.2, 0) is 11.2 Å². The van der Waals surface area contributed by atoms with Crippen LogP contribution in [0.15, 0.2) is 42.7 Å². The van der Waals surface area contributed by atoms with Gasteiger partial charge in [-0.1, -0.05) is 18.2 Å². The van der Waals surface area contributed by atoms with Crippen molar-refractivity contribution in [3.05, 3.63) is 48.3 Å². The second kappa shape index (κ2) is 8.98. The van der Waals surface area contributed by atoms with Gasteiger partial charge in [-0.15, -0.1) is 0 Å². The number of piperidine rings is 1. The number of anilines is 2. The minimum Gasteiger partial charge on any atom is -0.359 e. The van der Waals surface area contributed by atoms with Gasteiger partial charge in [-0.25, -0.2) is 14.8 Å². The second-order valence-electron chi connectivity index (χ2n) is 6.42. The summed E-state index contributed by atoms with van der Waals surface area (Å²) in [7, 11) is 1.60. The molecule has 0 atom stereocenters. The van der Waals surface area contributed by atoms with E-state index in [4.69, 9.17) is 0 Å². The number of para-hydroxylation sites is 1. The number of benzene rings is 1. The molecule has 0 unspecified atom stereocenters. The summed E-state index contributed by atoms with van der Waals surface area (Å²) in [4.78, 5) is 34.7. The highest BCUT2D eigenvalue weighted by atomic mass is 16.2. The first-order valence-corrected chi connectivity index (χ1v) is 9.03. The van der Waals surface area contributed by atoms with Crippen LogP contribution in [0.5, 0.6) is 0 Å². The monoisotopic (exact) mass is 368 g/mol. The molecule has 2 aromatic rings. The summed E-state index contributed by atoms with van der Waals surface area (Å²) in [5, 5.41) is 8.47. The van der Waals surface area contributed by atoms with Crippen molar-refractivity contribution in [3.63, 3.8) is 0 Å². The topological polar surface area (TPSA) is 99.2 Å². The minimum absolute atomic E-state index is 0.0936. The molecule has 8 nitrogen and oxygen atoms in total. The molecule has 8 heteroatoms. The predicted octanol–water partition coefficient (Wildman–Crippen LogP) is 1.56. The lowest BCUT2D eigenvalue weighted by Crippen LogP contribution is -2.46. The number of nitrogens with one attached hydrogen (secondary N) is 3. The first-order valence-electron chi connectivity index (χ1n) is 9.03. The first-order chi connectivity index (χ1) is 13.2. The maximum Gasteiger partial charge on any atom is 0.319 e. The maximum absolute atomic E-state index is 12.4. The van der Waals surface area contributed by atoms with E-state index in [1.165, 1.54) is 0 Å². The molecular formula is C19H24N6O2. The molecule has 0 radical (unpaired) electrons. The third-order valence-electron chi connectivity index (χ3n) is 4.56. The number of amides is 3. The Morgan fingerprint density at radius 2 is 1.81 bits per heavy atom. The van der Waals surface area contributed by atoms with E-state index in [0.717, 1.165) is 37.4 Å². The van der Waals surface area contributed by atoms with E-state index in [-0.39, 0.29) is 24.4 Å². The highest BCUT2D eigenvalue weighted by Crippen LogP contribution is 2.17. The van der Waals surface area contributed by atoms with Crippen molar-refractivity contribution in [2.75, 3.05) is 30.4 Å². The number of likely N-dealkylation sites (N-methyl/N-ethyl adjacent to an activating group) is 1. The normalized spacial score (nSPS) is 14.5. The van der Waals surface area contributed by atoms with Gasteiger partial charge in [0.25, 0.3) is 0 Å². The van der Waals surface area contributed by atoms with Crippen molar-refractivity contribution in [3.8, 4) is 0 Å². The summed E-state index contributed by atoms with van der Waals surface area (Å²) in [6.07, 6.45) is 5.34. The van der Waals surface area contributed by atoms with Crippen LogP contribution in [0.4, 0.5) is 16.4 Å². The number of rotatable bonds is 5. The molecule has 3 amide bonds. The van der Waals surface area contributed by atoms with Gasteiger partial charge in [0, 0.05) is 44.3 Å². The van der Waals surface area contributed by atoms with E-state index in [9.17, 15) is 9.59 Å². The Morgan fingerprint density at radius 1 is 1.11 bits per heavy atom. The lowest BCUT2D eigenvalue weighted by atomic mass is 10.1. The lowest BCUT2D eigenvalue weighted by Gasteiger charge is -2.32. The molecule has 1 aromatic carbocycles. The molecule has 0 aliphatic carbocycles. The number of hydrogen-bond donors (Lipinski definition) is 3. The van der Waals surface area contributed by atoms with Crippen molar-refractivity contribution >= 4 is 23.6 Å². The fraction of sp³-hybridized carbons (Fsp3) is 0.368. The molecule has 1 aromatic heterocycles. The van der Waals surface area contributed by atoms with Gasteiger partial charge in [-0.2, -0.15) is 0 Å². The van der Waals surface area contributed by atoms with Crippen molar-refractivity contribution in [2.45, 2.75) is 25.3 Å². The Balaban J connectivity index is 1.51. The van der Waals surface area contributed by atoms with Gasteiger partial charge in [0.2, 0.25) is 11.9 Å². The van der Waals surface area contributed by atoms with E-state index < -0.39 is 0 Å². The summed E-state index contributed by atoms with van der Waals surface area (Å²) in [6.45, 7) is 1.59. The predicted molar refractivity (Wildman–Crippen MR) is 104 cm³/mol. The summed E-state index contributed by atoms with van der Waals surface area (Å²) in [5.41, 5.74) is 1.43. The van der Waals surface area contributed by atoms with Crippen LogP contribution < -0.4 is 20.9 Å². The van der Waals surface area contributed by atoms with Crippen LogP contribution in [-0.4, -0.2) is 48.1 Å². The summed E-state index contributed by atoms with van der Waals surface area (Å²) in [5.74, 6) is 0.628. The molecular weight excluding hydrogens is 344 g/mol. The highest BCUT2D eigenvalue weighted by molar-refractivity contribution is 5.91. The van der Waals surface area contributed by atoms with Crippen LogP contribution in [0.2, 0.25) is 0 Å². The molecule has 1 aliphatic heterocycles. The van der Waals surface area contributed by atoms with Gasteiger partial charge < -0.3 is 20.9 Å². The van der Waals surface area contributed by atoms with Crippen LogP contribution in [0.25, 0.3) is 0 Å². The standard InChI is InChI=1S/C19H24N6O2/c1-20-17(26)13-14-5-2-3-6-16(14)24-19(27)23-15-7-11-25(12-8-15)18-21-9-4-10-22-18/h2-6,9-10,15H,7-8,11-13H2,1H3,(H,20,26)(H2,23,24,27). The van der Waals surface area contributed by atoms with Crippen molar-refractivity contribution in [1.82, 2.24) is 20.6 Å². The third-order valence-corrected chi connectivity index (χ3v) is 4.56. The van der Waals surface area contributed by atoms with Crippen LogP contribution in [0.3, 0.4) is 0 Å². The molecule has 3 N–H and O–H groups in total. The highest BCUT2D eigenvalue weighted by Gasteiger charge is 2.22. The minimum atomic E-state index is -0.256. The third kappa shape index (κ3) is 5.16. The van der Waals surface area contributed by atoms with Crippen molar-refractivity contribution in [1.29, 1.82) is 0 Å². The molecule has 1 aliphatic rings. The van der Waals surface area contributed by atoms with Crippen LogP contribution >= 0.6 is 0 Å². The molecule has 27 heavy (non-hydrogen) atoms. The van der Waals surface area contributed by atoms with Gasteiger partial charge >= 0.3 is 6.03 Å². The SMILES string of the molecule is CNC(=O)Cc1ccccc1NC(=O)NC1CCN(c2ncccn2)CC1. The van der Waals surface area contributed by atoms with Crippen molar-refractivity contribution in [2.24, 2.45) is 0 Å². The van der Waals surface area contributed by atoms with Crippen molar-refractivity contribution < 1.29 is 9.59 Å². The molecule has 0 saturated carbocycles. The summed E-state index contributed by atoms with van der Waals surface area (Å²) in [6, 6.07) is 8.95. The number of urea groups is 1. The zero-order valence-electron chi connectivity index (χ0n) is 15.3. The van der Waals surface area contributed by atoms with Gasteiger partial charge in [-0.05, 0) is 30.5 Å². The fourth-order valence-corrected chi connectivity index (χ4v) is 3.08. The van der Waals surface area contributed by atoms with E-state index >= 15 is 0 Å². The van der Waals surface area contributed by atoms with E-state index in [2.05, 4.69) is 30.8 Å². The smallest absolute Gasteiger partial charge is 0.319 e. The Labute approximate surface area is 158 Å². The average Bonchev–Trinajstić information content (AvgIpc) is 2.70. The van der Waals surface area contributed by atoms with Crippen LogP contribution in [0, 0.1) is 0 Å². The number of nitrogens with zero attached hydrogens (tertiary/aromatic N) is 3. The molecule has 142 valence electrons. The first kappa shape index (κ1) is 18.6. The van der Waals surface area contributed by atoms with E-state index in [1.807, 2.05) is 18.2 Å². The second-order valence-corrected chi connectivity index (χ2v) is 6.42.